The lowest BCUT2D eigenvalue weighted by Crippen LogP contribution is -2.33. The number of rotatable bonds is 4. The highest BCUT2D eigenvalue weighted by Gasteiger charge is 2.22. The van der Waals surface area contributed by atoms with Crippen LogP contribution in [0.15, 0.2) is 71.5 Å². The normalized spacial score (nSPS) is 11.6. The fourth-order valence-corrected chi connectivity index (χ4v) is 4.19. The third kappa shape index (κ3) is 4.81. The fourth-order valence-electron chi connectivity index (χ4n) is 4.19. The highest BCUT2D eigenvalue weighted by atomic mass is 16.2. The molecule has 0 atom stereocenters. The summed E-state index contributed by atoms with van der Waals surface area (Å²) >= 11 is 0. The number of aryl methyl sites for hydroxylation is 3. The SMILES string of the molecule is Cc1ccc(C)c(N(Cc2cc3ccc(C)cc3[nH]c2=O)C(=O)c2ccc(C(C)(C)C)cc2)c1. The summed E-state index contributed by atoms with van der Waals surface area (Å²) in [5.41, 5.74) is 6.89. The lowest BCUT2D eigenvalue weighted by Gasteiger charge is -2.26. The number of H-pyrrole nitrogens is 1. The minimum absolute atomic E-state index is 0.00510. The largest absolute Gasteiger partial charge is 0.322 e. The molecule has 1 amide bonds. The molecule has 34 heavy (non-hydrogen) atoms. The Labute approximate surface area is 201 Å². The Hall–Kier alpha value is -3.66. The van der Waals surface area contributed by atoms with Gasteiger partial charge in [-0.2, -0.15) is 0 Å². The quantitative estimate of drug-likeness (QED) is 0.379. The van der Waals surface area contributed by atoms with E-state index >= 15 is 0 Å². The van der Waals surface area contributed by atoms with Crippen molar-refractivity contribution in [2.24, 2.45) is 0 Å². The zero-order valence-corrected chi connectivity index (χ0v) is 20.8. The molecule has 0 spiro atoms. The highest BCUT2D eigenvalue weighted by Crippen LogP contribution is 2.27. The highest BCUT2D eigenvalue weighted by molar-refractivity contribution is 6.06. The molecule has 0 aliphatic heterocycles. The van der Waals surface area contributed by atoms with E-state index in [4.69, 9.17) is 0 Å². The minimum atomic E-state index is -0.177. The van der Waals surface area contributed by atoms with Crippen LogP contribution in [0.25, 0.3) is 10.9 Å². The van der Waals surface area contributed by atoms with Crippen LogP contribution in [-0.4, -0.2) is 10.9 Å². The zero-order valence-electron chi connectivity index (χ0n) is 20.8. The molecule has 4 aromatic rings. The second-order valence-corrected chi connectivity index (χ2v) is 10.2. The third-order valence-corrected chi connectivity index (χ3v) is 6.31. The van der Waals surface area contributed by atoms with Crippen molar-refractivity contribution < 1.29 is 4.79 Å². The van der Waals surface area contributed by atoms with Gasteiger partial charge < -0.3 is 9.88 Å². The summed E-state index contributed by atoms with van der Waals surface area (Å²) in [6.45, 7) is 12.6. The number of fused-ring (bicyclic) bond motifs is 1. The van der Waals surface area contributed by atoms with Gasteiger partial charge in [0.2, 0.25) is 0 Å². The summed E-state index contributed by atoms with van der Waals surface area (Å²) in [5, 5.41) is 0.947. The van der Waals surface area contributed by atoms with Gasteiger partial charge in [0.25, 0.3) is 11.5 Å². The van der Waals surface area contributed by atoms with Crippen molar-refractivity contribution in [2.75, 3.05) is 4.90 Å². The Kier molecular flexibility index (Phi) is 6.18. The van der Waals surface area contributed by atoms with Gasteiger partial charge in [0.05, 0.1) is 6.54 Å². The van der Waals surface area contributed by atoms with E-state index < -0.39 is 0 Å². The van der Waals surface area contributed by atoms with Gasteiger partial charge in [-0.3, -0.25) is 9.59 Å². The van der Waals surface area contributed by atoms with Crippen LogP contribution in [0.5, 0.6) is 0 Å². The number of nitrogens with one attached hydrogen (secondary N) is 1. The maximum absolute atomic E-state index is 13.8. The van der Waals surface area contributed by atoms with Crippen LogP contribution in [0.3, 0.4) is 0 Å². The van der Waals surface area contributed by atoms with E-state index in [0.29, 0.717) is 11.1 Å². The van der Waals surface area contributed by atoms with Crippen LogP contribution in [0.1, 0.15) is 58.9 Å². The van der Waals surface area contributed by atoms with Gasteiger partial charge in [0, 0.05) is 22.3 Å². The van der Waals surface area contributed by atoms with Gasteiger partial charge in [-0.15, -0.1) is 0 Å². The standard InChI is InChI=1S/C30H32N2O2/c1-19-8-10-23-17-24(28(33)31-26(23)15-19)18-32(27-16-20(2)7-9-21(27)3)29(34)22-11-13-25(14-12-22)30(4,5)6/h7-17H,18H2,1-6H3,(H,31,33). The minimum Gasteiger partial charge on any atom is -0.322 e. The number of hydrogen-bond acceptors (Lipinski definition) is 2. The van der Waals surface area contributed by atoms with Gasteiger partial charge in [0.1, 0.15) is 0 Å². The average Bonchev–Trinajstić information content (AvgIpc) is 2.78. The van der Waals surface area contributed by atoms with E-state index in [2.05, 4.69) is 25.8 Å². The van der Waals surface area contributed by atoms with E-state index in [-0.39, 0.29) is 23.4 Å². The predicted octanol–water partition coefficient (Wildman–Crippen LogP) is 6.60. The van der Waals surface area contributed by atoms with Crippen molar-refractivity contribution >= 4 is 22.5 Å². The molecular weight excluding hydrogens is 420 g/mol. The lowest BCUT2D eigenvalue weighted by atomic mass is 9.86. The van der Waals surface area contributed by atoms with Crippen LogP contribution >= 0.6 is 0 Å². The molecule has 4 heteroatoms. The summed E-state index contributed by atoms with van der Waals surface area (Å²) < 4.78 is 0. The number of carbonyl (C=O) groups is 1. The van der Waals surface area contributed by atoms with E-state index in [1.807, 2.05) is 87.5 Å². The first-order valence-corrected chi connectivity index (χ1v) is 11.7. The third-order valence-electron chi connectivity index (χ3n) is 6.31. The Morgan fingerprint density at radius 2 is 1.50 bits per heavy atom. The molecule has 1 heterocycles. The number of aromatic nitrogens is 1. The van der Waals surface area contributed by atoms with Crippen LogP contribution < -0.4 is 10.5 Å². The Balaban J connectivity index is 1.79. The second-order valence-electron chi connectivity index (χ2n) is 10.2. The first-order chi connectivity index (χ1) is 16.0. The summed E-state index contributed by atoms with van der Waals surface area (Å²) in [6, 6.07) is 21.7. The Morgan fingerprint density at radius 3 is 2.18 bits per heavy atom. The van der Waals surface area contributed by atoms with E-state index in [1.165, 1.54) is 5.56 Å². The number of carbonyl (C=O) groups excluding carboxylic acids is 1. The summed E-state index contributed by atoms with van der Waals surface area (Å²) in [5.74, 6) is -0.127. The van der Waals surface area contributed by atoms with Gasteiger partial charge in [0.15, 0.2) is 0 Å². The molecule has 0 radical (unpaired) electrons. The molecule has 0 aliphatic carbocycles. The van der Waals surface area contributed by atoms with Crippen LogP contribution in [0.2, 0.25) is 0 Å². The van der Waals surface area contributed by atoms with E-state index in [9.17, 15) is 9.59 Å². The van der Waals surface area contributed by atoms with Crippen molar-refractivity contribution in [3.63, 3.8) is 0 Å². The Bertz CT molecular complexity index is 1420. The van der Waals surface area contributed by atoms with Gasteiger partial charge in [-0.05, 0) is 84.2 Å². The zero-order chi connectivity index (χ0) is 24.6. The van der Waals surface area contributed by atoms with Crippen LogP contribution in [-0.2, 0) is 12.0 Å². The lowest BCUT2D eigenvalue weighted by molar-refractivity contribution is 0.0985. The number of nitrogens with zero attached hydrogens (tertiary/aromatic N) is 1. The molecule has 0 bridgehead atoms. The van der Waals surface area contributed by atoms with Crippen molar-refractivity contribution in [1.82, 2.24) is 4.98 Å². The monoisotopic (exact) mass is 452 g/mol. The van der Waals surface area contributed by atoms with Crippen molar-refractivity contribution in [1.29, 1.82) is 0 Å². The van der Waals surface area contributed by atoms with Gasteiger partial charge in [-0.1, -0.05) is 57.2 Å². The second kappa shape index (κ2) is 8.94. The smallest absolute Gasteiger partial charge is 0.258 e. The predicted molar refractivity (Wildman–Crippen MR) is 141 cm³/mol. The average molecular weight is 453 g/mol. The maximum atomic E-state index is 13.8. The summed E-state index contributed by atoms with van der Waals surface area (Å²) in [7, 11) is 0. The number of anilines is 1. The van der Waals surface area contributed by atoms with E-state index in [1.54, 1.807) is 4.90 Å². The molecule has 0 fully saturated rings. The van der Waals surface area contributed by atoms with Crippen LogP contribution in [0.4, 0.5) is 5.69 Å². The number of benzene rings is 3. The molecular formula is C30H32N2O2. The molecule has 4 rings (SSSR count). The molecule has 3 aromatic carbocycles. The molecule has 1 N–H and O–H groups in total. The van der Waals surface area contributed by atoms with Crippen molar-refractivity contribution in [2.45, 2.75) is 53.5 Å². The molecule has 0 saturated carbocycles. The van der Waals surface area contributed by atoms with Crippen molar-refractivity contribution in [3.8, 4) is 0 Å². The number of amides is 1. The maximum Gasteiger partial charge on any atom is 0.258 e. The molecule has 0 aliphatic rings. The summed E-state index contributed by atoms with van der Waals surface area (Å²) in [4.78, 5) is 31.5. The molecule has 0 saturated heterocycles. The summed E-state index contributed by atoms with van der Waals surface area (Å²) in [6.07, 6.45) is 0. The van der Waals surface area contributed by atoms with Crippen LogP contribution in [0, 0.1) is 20.8 Å². The number of aromatic amines is 1. The molecule has 0 unspecified atom stereocenters. The number of pyridine rings is 1. The first-order valence-electron chi connectivity index (χ1n) is 11.7. The topological polar surface area (TPSA) is 53.2 Å². The first kappa shape index (κ1) is 23.5. The fraction of sp³-hybridized carbons (Fsp3) is 0.267. The van der Waals surface area contributed by atoms with Gasteiger partial charge in [-0.25, -0.2) is 0 Å². The number of hydrogen-bond donors (Lipinski definition) is 1. The van der Waals surface area contributed by atoms with Crippen molar-refractivity contribution in [3.05, 3.63) is 110 Å². The Morgan fingerprint density at radius 1 is 0.853 bits per heavy atom. The molecule has 1 aromatic heterocycles. The van der Waals surface area contributed by atoms with E-state index in [0.717, 1.165) is 33.3 Å². The molecule has 174 valence electrons. The molecule has 4 nitrogen and oxygen atoms in total. The van der Waals surface area contributed by atoms with Gasteiger partial charge >= 0.3 is 0 Å².